The van der Waals surface area contributed by atoms with Gasteiger partial charge in [-0.1, -0.05) is 6.92 Å². The van der Waals surface area contributed by atoms with Crippen molar-refractivity contribution >= 4 is 38.0 Å². The summed E-state index contributed by atoms with van der Waals surface area (Å²) in [4.78, 5) is 29.4. The highest BCUT2D eigenvalue weighted by Crippen LogP contribution is 2.24. The topological polar surface area (TPSA) is 120 Å². The maximum Gasteiger partial charge on any atom is 0.267 e. The van der Waals surface area contributed by atoms with Crippen molar-refractivity contribution in [2.45, 2.75) is 31.2 Å². The van der Waals surface area contributed by atoms with Crippen LogP contribution in [0, 0.1) is 0 Å². The molecule has 0 N–H and O–H groups in total. The van der Waals surface area contributed by atoms with E-state index in [2.05, 4.69) is 19.9 Å². The minimum Gasteiger partial charge on any atom is -0.481 e. The maximum atomic E-state index is 12.7. The van der Waals surface area contributed by atoms with Gasteiger partial charge >= 0.3 is 0 Å². The van der Waals surface area contributed by atoms with E-state index in [0.717, 1.165) is 15.2 Å². The second kappa shape index (κ2) is 8.50. The van der Waals surface area contributed by atoms with E-state index in [1.54, 1.807) is 31.8 Å². The van der Waals surface area contributed by atoms with Gasteiger partial charge in [-0.25, -0.2) is 22.7 Å². The average Bonchev–Trinajstić information content (AvgIpc) is 3.21. The third-order valence-corrected chi connectivity index (χ3v) is 6.85. The number of imidazole rings is 1. The van der Waals surface area contributed by atoms with Gasteiger partial charge in [-0.3, -0.25) is 9.78 Å². The number of amides is 1. The second-order valence-electron chi connectivity index (χ2n) is 7.19. The van der Waals surface area contributed by atoms with E-state index in [9.17, 15) is 13.2 Å². The summed E-state index contributed by atoms with van der Waals surface area (Å²) < 4.78 is 33.2. The van der Waals surface area contributed by atoms with Gasteiger partial charge < -0.3 is 9.30 Å². The Labute approximate surface area is 184 Å². The summed E-state index contributed by atoms with van der Waals surface area (Å²) in [5.74, 6) is 0.0171. The van der Waals surface area contributed by atoms with Gasteiger partial charge in [0.05, 0.1) is 37.4 Å². The minimum atomic E-state index is -3.94. The fraction of sp³-hybridized carbons (Fsp3) is 0.286. The lowest BCUT2D eigenvalue weighted by Crippen LogP contribution is -2.33. The van der Waals surface area contributed by atoms with Crippen LogP contribution in [0.1, 0.15) is 25.5 Å². The second-order valence-corrected chi connectivity index (χ2v) is 9.16. The number of methoxy groups -OCH3 is 1. The first-order valence-electron chi connectivity index (χ1n) is 9.96. The predicted octanol–water partition coefficient (Wildman–Crippen LogP) is 2.38. The number of carbonyl (C=O) groups excluding carboxylic acids is 1. The molecule has 4 heterocycles. The maximum absolute atomic E-state index is 12.7. The molecular weight excluding hydrogens is 432 g/mol. The van der Waals surface area contributed by atoms with Crippen molar-refractivity contribution in [3.63, 3.8) is 0 Å². The quantitative estimate of drug-likeness (QED) is 0.417. The van der Waals surface area contributed by atoms with Crippen LogP contribution in [0.4, 0.5) is 0 Å². The minimum absolute atomic E-state index is 0.0327. The number of sulfonamides is 1. The first kappa shape index (κ1) is 21.6. The van der Waals surface area contributed by atoms with E-state index in [4.69, 9.17) is 4.74 Å². The molecule has 10 nitrogen and oxygen atoms in total. The molecule has 0 aromatic carbocycles. The van der Waals surface area contributed by atoms with Crippen LogP contribution in [-0.2, 0) is 21.4 Å². The molecule has 0 atom stereocenters. The highest BCUT2D eigenvalue weighted by molar-refractivity contribution is 7.89. The largest absolute Gasteiger partial charge is 0.481 e. The Morgan fingerprint density at radius 3 is 2.62 bits per heavy atom. The summed E-state index contributed by atoms with van der Waals surface area (Å²) >= 11 is 0. The van der Waals surface area contributed by atoms with E-state index in [-0.39, 0.29) is 11.3 Å². The first-order valence-corrected chi connectivity index (χ1v) is 11.4. The van der Waals surface area contributed by atoms with Gasteiger partial charge in [0, 0.05) is 31.1 Å². The van der Waals surface area contributed by atoms with E-state index in [1.165, 1.54) is 19.3 Å². The molecule has 0 unspecified atom stereocenters. The highest BCUT2D eigenvalue weighted by atomic mass is 32.2. The number of carbonyl (C=O) groups is 1. The van der Waals surface area contributed by atoms with Crippen LogP contribution in [0.25, 0.3) is 22.1 Å². The van der Waals surface area contributed by atoms with Gasteiger partial charge in [0.15, 0.2) is 5.65 Å². The molecule has 0 aliphatic carbocycles. The number of hydrogen-bond donors (Lipinski definition) is 0. The Bertz CT molecular complexity index is 1400. The van der Waals surface area contributed by atoms with Crippen LogP contribution in [0.2, 0.25) is 0 Å². The van der Waals surface area contributed by atoms with E-state index in [1.807, 2.05) is 17.6 Å². The van der Waals surface area contributed by atoms with Crippen molar-refractivity contribution in [2.24, 2.45) is 0 Å². The summed E-state index contributed by atoms with van der Waals surface area (Å²) in [6.45, 7) is 2.19. The van der Waals surface area contributed by atoms with Crippen molar-refractivity contribution < 1.29 is 17.9 Å². The first-order chi connectivity index (χ1) is 15.3. The Hall–Kier alpha value is -3.60. The fourth-order valence-corrected chi connectivity index (χ4v) is 4.45. The predicted molar refractivity (Wildman–Crippen MR) is 118 cm³/mol. The molecule has 1 amide bonds. The number of fused-ring (bicyclic) bond motifs is 3. The van der Waals surface area contributed by atoms with Crippen LogP contribution in [0.5, 0.6) is 5.88 Å². The molecule has 0 aliphatic rings. The summed E-state index contributed by atoms with van der Waals surface area (Å²) in [5, 5.41) is 0.816. The number of ether oxygens (including phenoxy) is 1. The lowest BCUT2D eigenvalue weighted by Gasteiger charge is -2.17. The number of aromatic nitrogens is 5. The summed E-state index contributed by atoms with van der Waals surface area (Å²) in [7, 11) is -1.13. The third-order valence-electron chi connectivity index (χ3n) is 5.09. The molecule has 166 valence electrons. The monoisotopic (exact) mass is 454 g/mol. The molecule has 0 radical (unpaired) electrons. The fourth-order valence-electron chi connectivity index (χ4n) is 3.35. The molecule has 0 bridgehead atoms. The van der Waals surface area contributed by atoms with Gasteiger partial charge in [0.2, 0.25) is 11.8 Å². The summed E-state index contributed by atoms with van der Waals surface area (Å²) in [5.41, 5.74) is 2.72. The molecule has 0 fully saturated rings. The number of pyridine rings is 3. The molecule has 4 rings (SSSR count). The highest BCUT2D eigenvalue weighted by Gasteiger charge is 2.25. The Kier molecular flexibility index (Phi) is 5.74. The Morgan fingerprint density at radius 1 is 1.12 bits per heavy atom. The number of rotatable bonds is 7. The van der Waals surface area contributed by atoms with Crippen LogP contribution < -0.4 is 4.74 Å². The van der Waals surface area contributed by atoms with E-state index in [0.29, 0.717) is 35.7 Å². The van der Waals surface area contributed by atoms with Crippen molar-refractivity contribution in [3.05, 3.63) is 48.7 Å². The summed E-state index contributed by atoms with van der Waals surface area (Å²) in [6, 6.07) is 6.72. The molecule has 0 saturated heterocycles. The zero-order valence-corrected chi connectivity index (χ0v) is 18.7. The molecule has 0 spiro atoms. The van der Waals surface area contributed by atoms with E-state index >= 15 is 0 Å². The van der Waals surface area contributed by atoms with Gasteiger partial charge in [-0.15, -0.1) is 0 Å². The Morgan fingerprint density at radius 2 is 1.94 bits per heavy atom. The SMILES string of the molecule is CCCC(=O)N(C)S(=O)(=O)c1ccc(Cn2cnc3cnc4nc(OC)ccc4c32)nc1. The van der Waals surface area contributed by atoms with E-state index < -0.39 is 15.9 Å². The molecule has 4 aromatic rings. The zero-order chi connectivity index (χ0) is 22.9. The average molecular weight is 455 g/mol. The number of hydrogen-bond acceptors (Lipinski definition) is 8. The lowest BCUT2D eigenvalue weighted by molar-refractivity contribution is -0.125. The summed E-state index contributed by atoms with van der Waals surface area (Å²) in [6.07, 6.45) is 5.33. The molecule has 32 heavy (non-hydrogen) atoms. The standard InChI is InChI=1S/C21H22N6O4S/c1-4-5-19(28)26(2)32(29,30)15-7-6-14(22-10-15)12-27-13-24-17-11-23-21-16(20(17)27)8-9-18(25-21)31-3/h6-11,13H,4-5,12H2,1-3H3. The number of nitrogens with zero attached hydrogens (tertiary/aromatic N) is 6. The zero-order valence-electron chi connectivity index (χ0n) is 17.9. The lowest BCUT2D eigenvalue weighted by atomic mass is 10.2. The van der Waals surface area contributed by atoms with Crippen LogP contribution in [-0.4, -0.2) is 57.3 Å². The van der Waals surface area contributed by atoms with Crippen molar-refractivity contribution in [1.82, 2.24) is 28.8 Å². The van der Waals surface area contributed by atoms with Crippen molar-refractivity contribution in [2.75, 3.05) is 14.2 Å². The van der Waals surface area contributed by atoms with Crippen LogP contribution >= 0.6 is 0 Å². The van der Waals surface area contributed by atoms with Gasteiger partial charge in [-0.05, 0) is 24.6 Å². The van der Waals surface area contributed by atoms with Gasteiger partial charge in [0.1, 0.15) is 10.4 Å². The molecule has 11 heteroatoms. The van der Waals surface area contributed by atoms with Gasteiger partial charge in [0.25, 0.3) is 10.0 Å². The molecule has 0 saturated carbocycles. The Balaban J connectivity index is 1.64. The molecule has 4 aromatic heterocycles. The normalized spacial score (nSPS) is 11.7. The van der Waals surface area contributed by atoms with Crippen LogP contribution in [0.15, 0.2) is 47.9 Å². The smallest absolute Gasteiger partial charge is 0.267 e. The van der Waals surface area contributed by atoms with Crippen LogP contribution in [0.3, 0.4) is 0 Å². The van der Waals surface area contributed by atoms with Crippen molar-refractivity contribution in [1.29, 1.82) is 0 Å². The third kappa shape index (κ3) is 3.86. The molecule has 0 aliphatic heterocycles. The van der Waals surface area contributed by atoms with Gasteiger partial charge in [-0.2, -0.15) is 4.98 Å². The van der Waals surface area contributed by atoms with Crippen molar-refractivity contribution in [3.8, 4) is 5.88 Å². The molecular formula is C21H22N6O4S.